The molecule has 2 aromatic heterocycles. The Balaban J connectivity index is 1.39. The largest absolute Gasteiger partial charge is 0.326 e. The van der Waals surface area contributed by atoms with Crippen molar-refractivity contribution < 1.29 is 18.0 Å². The molecule has 0 saturated heterocycles. The zero-order valence-corrected chi connectivity index (χ0v) is 19.2. The van der Waals surface area contributed by atoms with Crippen molar-refractivity contribution >= 4 is 39.0 Å². The molecule has 2 heterocycles. The minimum Gasteiger partial charge on any atom is -0.326 e. The van der Waals surface area contributed by atoms with Crippen molar-refractivity contribution in [1.82, 2.24) is 19.1 Å². The first-order valence-corrected chi connectivity index (χ1v) is 11.8. The van der Waals surface area contributed by atoms with E-state index in [-0.39, 0.29) is 10.8 Å². The van der Waals surface area contributed by atoms with E-state index in [1.54, 1.807) is 18.3 Å². The van der Waals surface area contributed by atoms with Crippen molar-refractivity contribution in [3.8, 4) is 11.3 Å². The van der Waals surface area contributed by atoms with Crippen LogP contribution in [0.3, 0.4) is 0 Å². The number of aromatic nitrogens is 3. The Hall–Kier alpha value is -4.09. The van der Waals surface area contributed by atoms with Crippen LogP contribution in [-0.2, 0) is 19.6 Å². The average molecular weight is 479 g/mol. The molecule has 0 fully saturated rings. The normalized spacial score (nSPS) is 12.3. The van der Waals surface area contributed by atoms with Gasteiger partial charge in [-0.25, -0.2) is 18.4 Å². The van der Waals surface area contributed by atoms with Crippen molar-refractivity contribution in [3.63, 3.8) is 0 Å². The fourth-order valence-corrected chi connectivity index (χ4v) is 4.42. The summed E-state index contributed by atoms with van der Waals surface area (Å²) < 4.78 is 29.4. The number of hydrogen-bond acceptors (Lipinski definition) is 6. The first-order valence-electron chi connectivity index (χ1n) is 10.3. The lowest BCUT2D eigenvalue weighted by molar-refractivity contribution is -0.117. The minimum atomic E-state index is -3.94. The van der Waals surface area contributed by atoms with Crippen LogP contribution in [0.2, 0.25) is 0 Å². The van der Waals surface area contributed by atoms with E-state index in [1.807, 2.05) is 35.0 Å². The van der Waals surface area contributed by atoms with Crippen molar-refractivity contribution in [3.05, 3.63) is 73.2 Å². The third-order valence-corrected chi connectivity index (χ3v) is 6.45. The van der Waals surface area contributed by atoms with E-state index < -0.39 is 22.0 Å². The number of rotatable bonds is 7. The topological polar surface area (TPSA) is 135 Å². The molecule has 0 aliphatic rings. The monoisotopic (exact) mass is 478 g/mol. The van der Waals surface area contributed by atoms with Crippen molar-refractivity contribution in [2.24, 2.45) is 0 Å². The molecule has 0 spiro atoms. The van der Waals surface area contributed by atoms with E-state index in [1.165, 1.54) is 38.1 Å². The van der Waals surface area contributed by atoms with E-state index >= 15 is 0 Å². The molecule has 0 bridgehead atoms. The van der Waals surface area contributed by atoms with Crippen LogP contribution in [0.1, 0.15) is 13.8 Å². The minimum absolute atomic E-state index is 0.0208. The molecule has 2 aromatic carbocycles. The Labute approximate surface area is 196 Å². The molecule has 10 nitrogen and oxygen atoms in total. The van der Waals surface area contributed by atoms with E-state index in [0.29, 0.717) is 17.2 Å². The van der Waals surface area contributed by atoms with Crippen LogP contribution in [-0.4, -0.2) is 40.6 Å². The fourth-order valence-electron chi connectivity index (χ4n) is 3.22. The van der Waals surface area contributed by atoms with Gasteiger partial charge in [0.25, 0.3) is 0 Å². The number of imidazole rings is 1. The maximum atomic E-state index is 12.6. The van der Waals surface area contributed by atoms with E-state index in [2.05, 4.69) is 25.3 Å². The van der Waals surface area contributed by atoms with Crippen LogP contribution in [0, 0.1) is 0 Å². The Morgan fingerprint density at radius 1 is 0.971 bits per heavy atom. The third kappa shape index (κ3) is 5.27. The van der Waals surface area contributed by atoms with Crippen LogP contribution in [0.4, 0.5) is 11.4 Å². The van der Waals surface area contributed by atoms with Gasteiger partial charge in [0, 0.05) is 42.5 Å². The molecule has 0 saturated carbocycles. The highest BCUT2D eigenvalue weighted by molar-refractivity contribution is 7.89. The van der Waals surface area contributed by atoms with Crippen LogP contribution in [0.25, 0.3) is 17.0 Å². The summed E-state index contributed by atoms with van der Waals surface area (Å²) in [7, 11) is -3.94. The lowest BCUT2D eigenvalue weighted by Crippen LogP contribution is -2.41. The molecule has 34 heavy (non-hydrogen) atoms. The number of hydrogen-bond donors (Lipinski definition) is 3. The zero-order valence-electron chi connectivity index (χ0n) is 18.4. The number of nitrogens with zero attached hydrogens (tertiary/aromatic N) is 3. The maximum absolute atomic E-state index is 12.6. The summed E-state index contributed by atoms with van der Waals surface area (Å²) in [4.78, 5) is 32.3. The predicted octanol–water partition coefficient (Wildman–Crippen LogP) is 2.66. The Morgan fingerprint density at radius 3 is 2.26 bits per heavy atom. The van der Waals surface area contributed by atoms with Gasteiger partial charge in [-0.3, -0.25) is 14.0 Å². The van der Waals surface area contributed by atoms with E-state index in [4.69, 9.17) is 0 Å². The molecule has 0 aliphatic heterocycles. The van der Waals surface area contributed by atoms with Gasteiger partial charge in [-0.05, 0) is 49.4 Å². The molecular weight excluding hydrogens is 456 g/mol. The third-order valence-electron chi connectivity index (χ3n) is 4.89. The molecule has 3 N–H and O–H groups in total. The Kier molecular flexibility index (Phi) is 6.39. The van der Waals surface area contributed by atoms with Gasteiger partial charge in [-0.2, -0.15) is 4.72 Å². The molecule has 174 valence electrons. The molecule has 0 radical (unpaired) electrons. The standard InChI is InChI=1S/C23H22N6O4S/c1-15(28-34(32,33)20-10-8-18(9-11-20)25-16(2)30)22(31)26-19-6-4-17(5-7-19)21-14-29-13-3-12-24-23(29)27-21/h3-15,28H,1-2H3,(H,25,30)(H,26,31)/t15-/m0/s1. The molecule has 2 amide bonds. The summed E-state index contributed by atoms with van der Waals surface area (Å²) in [5, 5.41) is 5.26. The lowest BCUT2D eigenvalue weighted by Gasteiger charge is -2.15. The Morgan fingerprint density at radius 2 is 1.62 bits per heavy atom. The van der Waals surface area contributed by atoms with Gasteiger partial charge >= 0.3 is 0 Å². The molecule has 0 aliphatic carbocycles. The van der Waals surface area contributed by atoms with Crippen LogP contribution < -0.4 is 15.4 Å². The smallest absolute Gasteiger partial charge is 0.242 e. The molecule has 4 rings (SSSR count). The van der Waals surface area contributed by atoms with Crippen LogP contribution in [0.5, 0.6) is 0 Å². The van der Waals surface area contributed by atoms with E-state index in [0.717, 1.165) is 11.3 Å². The summed E-state index contributed by atoms with van der Waals surface area (Å²) in [5.74, 6) is -0.189. The van der Waals surface area contributed by atoms with Gasteiger partial charge in [0.05, 0.1) is 16.6 Å². The zero-order chi connectivity index (χ0) is 24.3. The SMILES string of the molecule is CC(=O)Nc1ccc(S(=O)(=O)N[C@@H](C)C(=O)Nc2ccc(-c3cn4cccnc4n3)cc2)cc1. The second kappa shape index (κ2) is 9.41. The summed E-state index contributed by atoms with van der Waals surface area (Å²) in [6, 6.07) is 13.5. The summed E-state index contributed by atoms with van der Waals surface area (Å²) >= 11 is 0. The average Bonchev–Trinajstić information content (AvgIpc) is 3.23. The fraction of sp³-hybridized carbons (Fsp3) is 0.130. The Bertz CT molecular complexity index is 1410. The first-order chi connectivity index (χ1) is 16.2. The number of sulfonamides is 1. The van der Waals surface area contributed by atoms with Crippen molar-refractivity contribution in [1.29, 1.82) is 0 Å². The number of fused-ring (bicyclic) bond motifs is 1. The second-order valence-corrected chi connectivity index (χ2v) is 9.28. The number of amides is 2. The predicted molar refractivity (Wildman–Crippen MR) is 128 cm³/mol. The van der Waals surface area contributed by atoms with Crippen molar-refractivity contribution in [2.45, 2.75) is 24.8 Å². The number of nitrogens with one attached hydrogen (secondary N) is 3. The first kappa shape index (κ1) is 23.1. The van der Waals surface area contributed by atoms with Crippen LogP contribution in [0.15, 0.2) is 78.1 Å². The van der Waals surface area contributed by atoms with Gasteiger partial charge in [-0.15, -0.1) is 0 Å². The summed E-state index contributed by atoms with van der Waals surface area (Å²) in [6.07, 6.45) is 5.38. The maximum Gasteiger partial charge on any atom is 0.242 e. The number of carbonyl (C=O) groups excluding carboxylic acids is 2. The highest BCUT2D eigenvalue weighted by Gasteiger charge is 2.22. The number of benzene rings is 2. The second-order valence-electron chi connectivity index (χ2n) is 7.57. The van der Waals surface area contributed by atoms with Gasteiger partial charge in [0.2, 0.25) is 27.6 Å². The molecular formula is C23H22N6O4S. The van der Waals surface area contributed by atoms with Crippen LogP contribution >= 0.6 is 0 Å². The number of carbonyl (C=O) groups is 2. The molecule has 4 aromatic rings. The van der Waals surface area contributed by atoms with Gasteiger partial charge in [-0.1, -0.05) is 12.1 Å². The highest BCUT2D eigenvalue weighted by atomic mass is 32.2. The summed E-state index contributed by atoms with van der Waals surface area (Å²) in [6.45, 7) is 2.81. The molecule has 1 atom stereocenters. The van der Waals surface area contributed by atoms with Gasteiger partial charge < -0.3 is 10.6 Å². The van der Waals surface area contributed by atoms with Crippen molar-refractivity contribution in [2.75, 3.05) is 10.6 Å². The quantitative estimate of drug-likeness (QED) is 0.374. The van der Waals surface area contributed by atoms with Gasteiger partial charge in [0.15, 0.2) is 0 Å². The number of anilines is 2. The van der Waals surface area contributed by atoms with Gasteiger partial charge in [0.1, 0.15) is 0 Å². The lowest BCUT2D eigenvalue weighted by atomic mass is 10.1. The highest BCUT2D eigenvalue weighted by Crippen LogP contribution is 2.21. The van der Waals surface area contributed by atoms with E-state index in [9.17, 15) is 18.0 Å². The summed E-state index contributed by atoms with van der Waals surface area (Å²) in [5.41, 5.74) is 2.57. The molecule has 0 unspecified atom stereocenters. The molecule has 11 heteroatoms.